The van der Waals surface area contributed by atoms with Crippen LogP contribution >= 0.6 is 0 Å². The van der Waals surface area contributed by atoms with Gasteiger partial charge in [0.2, 0.25) is 11.8 Å². The number of nitrogens with zero attached hydrogens (tertiary/aromatic N) is 4. The molecule has 0 saturated carbocycles. The molecule has 1 atom stereocenters. The molecule has 3 rings (SSSR count). The summed E-state index contributed by atoms with van der Waals surface area (Å²) in [5, 5.41) is 18.7. The SMILES string of the molecule is C[C@@H](c1nnc(-c2ccc([N+](=O)[O-])cc2)o1)N(C)Cc1ccc(C(F)(F)F)cc1. The Morgan fingerprint density at radius 3 is 2.28 bits per heavy atom. The number of hydrogen-bond acceptors (Lipinski definition) is 6. The third-order valence-corrected chi connectivity index (χ3v) is 4.50. The van der Waals surface area contributed by atoms with E-state index in [4.69, 9.17) is 4.42 Å². The van der Waals surface area contributed by atoms with Gasteiger partial charge >= 0.3 is 6.18 Å². The molecule has 0 fully saturated rings. The van der Waals surface area contributed by atoms with Crippen LogP contribution in [0.5, 0.6) is 0 Å². The lowest BCUT2D eigenvalue weighted by Gasteiger charge is -2.22. The second-order valence-corrected chi connectivity index (χ2v) is 6.54. The van der Waals surface area contributed by atoms with Gasteiger partial charge in [-0.1, -0.05) is 12.1 Å². The van der Waals surface area contributed by atoms with E-state index in [1.165, 1.54) is 36.4 Å². The van der Waals surface area contributed by atoms with Crippen LogP contribution < -0.4 is 0 Å². The molecular weight excluding hydrogens is 389 g/mol. The van der Waals surface area contributed by atoms with Crippen molar-refractivity contribution >= 4 is 5.69 Å². The Balaban J connectivity index is 1.68. The highest BCUT2D eigenvalue weighted by Crippen LogP contribution is 2.30. The van der Waals surface area contributed by atoms with Gasteiger partial charge in [0, 0.05) is 24.2 Å². The van der Waals surface area contributed by atoms with Crippen molar-refractivity contribution < 1.29 is 22.5 Å². The van der Waals surface area contributed by atoms with Crippen molar-refractivity contribution in [3.05, 3.63) is 75.7 Å². The molecule has 0 aliphatic carbocycles. The number of aromatic nitrogens is 2. The van der Waals surface area contributed by atoms with Gasteiger partial charge in [0.05, 0.1) is 16.5 Å². The molecule has 0 bridgehead atoms. The number of hydrogen-bond donors (Lipinski definition) is 0. The van der Waals surface area contributed by atoms with E-state index >= 15 is 0 Å². The summed E-state index contributed by atoms with van der Waals surface area (Å²) < 4.78 is 43.7. The molecule has 0 aliphatic rings. The lowest BCUT2D eigenvalue weighted by Crippen LogP contribution is -2.22. The van der Waals surface area contributed by atoms with Crippen LogP contribution in [0.25, 0.3) is 11.5 Å². The van der Waals surface area contributed by atoms with Crippen LogP contribution in [0, 0.1) is 10.1 Å². The minimum atomic E-state index is -4.37. The maximum atomic E-state index is 12.7. The van der Waals surface area contributed by atoms with Crippen LogP contribution in [-0.2, 0) is 12.7 Å². The molecule has 1 aromatic heterocycles. The molecule has 0 radical (unpaired) electrons. The third-order valence-electron chi connectivity index (χ3n) is 4.50. The highest BCUT2D eigenvalue weighted by Gasteiger charge is 2.30. The molecule has 3 aromatic rings. The molecule has 10 heteroatoms. The summed E-state index contributed by atoms with van der Waals surface area (Å²) >= 11 is 0. The average molecular weight is 406 g/mol. The van der Waals surface area contributed by atoms with E-state index in [2.05, 4.69) is 10.2 Å². The molecule has 0 N–H and O–H groups in total. The molecular formula is C19H17F3N4O3. The van der Waals surface area contributed by atoms with Gasteiger partial charge < -0.3 is 4.42 Å². The smallest absolute Gasteiger partial charge is 0.416 e. The van der Waals surface area contributed by atoms with Crippen LogP contribution in [0.4, 0.5) is 18.9 Å². The Morgan fingerprint density at radius 1 is 1.10 bits per heavy atom. The van der Waals surface area contributed by atoms with Crippen LogP contribution in [0.15, 0.2) is 52.9 Å². The van der Waals surface area contributed by atoms with Crippen LogP contribution in [0.3, 0.4) is 0 Å². The van der Waals surface area contributed by atoms with Crippen molar-refractivity contribution in [2.75, 3.05) is 7.05 Å². The topological polar surface area (TPSA) is 85.3 Å². The minimum absolute atomic E-state index is 0.0434. The van der Waals surface area contributed by atoms with Gasteiger partial charge in [-0.25, -0.2) is 0 Å². The van der Waals surface area contributed by atoms with Crippen LogP contribution in [0.2, 0.25) is 0 Å². The van der Waals surface area contributed by atoms with E-state index in [0.717, 1.165) is 12.1 Å². The monoisotopic (exact) mass is 406 g/mol. The van der Waals surface area contributed by atoms with Crippen molar-refractivity contribution in [3.8, 4) is 11.5 Å². The van der Waals surface area contributed by atoms with E-state index in [0.29, 0.717) is 23.6 Å². The molecule has 29 heavy (non-hydrogen) atoms. The predicted octanol–water partition coefficient (Wildman–Crippen LogP) is 4.86. The van der Waals surface area contributed by atoms with Crippen molar-refractivity contribution in [2.45, 2.75) is 25.7 Å². The number of halogens is 3. The second-order valence-electron chi connectivity index (χ2n) is 6.54. The summed E-state index contributed by atoms with van der Waals surface area (Å²) in [6.45, 7) is 2.21. The largest absolute Gasteiger partial charge is 0.419 e. The standard InChI is InChI=1S/C19H17F3N4O3/c1-12(25(2)11-13-3-7-15(8-4-13)19(20,21)22)17-23-24-18(29-17)14-5-9-16(10-6-14)26(27)28/h3-10,12H,11H2,1-2H3/t12-/m0/s1. The Labute approximate surface area is 163 Å². The molecule has 7 nitrogen and oxygen atoms in total. The van der Waals surface area contributed by atoms with Gasteiger partial charge in [0.15, 0.2) is 0 Å². The second kappa shape index (κ2) is 8.00. The lowest BCUT2D eigenvalue weighted by molar-refractivity contribution is -0.384. The molecule has 0 amide bonds. The minimum Gasteiger partial charge on any atom is -0.419 e. The van der Waals surface area contributed by atoms with Crippen molar-refractivity contribution in [2.24, 2.45) is 0 Å². The van der Waals surface area contributed by atoms with Crippen molar-refractivity contribution in [3.63, 3.8) is 0 Å². The van der Waals surface area contributed by atoms with Gasteiger partial charge in [-0.2, -0.15) is 13.2 Å². The normalized spacial score (nSPS) is 12.9. The Bertz CT molecular complexity index is 985. The third kappa shape index (κ3) is 4.77. The average Bonchev–Trinajstić information content (AvgIpc) is 3.17. The number of non-ortho nitro benzene ring substituents is 1. The van der Waals surface area contributed by atoms with E-state index in [1.54, 1.807) is 7.05 Å². The highest BCUT2D eigenvalue weighted by molar-refractivity contribution is 5.55. The fourth-order valence-electron chi connectivity index (χ4n) is 2.66. The number of rotatable bonds is 6. The van der Waals surface area contributed by atoms with E-state index in [-0.39, 0.29) is 17.6 Å². The lowest BCUT2D eigenvalue weighted by atomic mass is 10.1. The fourth-order valence-corrected chi connectivity index (χ4v) is 2.66. The quantitative estimate of drug-likeness (QED) is 0.429. The Morgan fingerprint density at radius 2 is 1.72 bits per heavy atom. The summed E-state index contributed by atoms with van der Waals surface area (Å²) in [4.78, 5) is 12.1. The zero-order valence-corrected chi connectivity index (χ0v) is 15.6. The van der Waals surface area contributed by atoms with Gasteiger partial charge in [-0.3, -0.25) is 15.0 Å². The van der Waals surface area contributed by atoms with Gasteiger partial charge in [-0.05, 0) is 43.8 Å². The molecule has 0 saturated heterocycles. The first-order chi connectivity index (χ1) is 13.6. The summed E-state index contributed by atoms with van der Waals surface area (Å²) in [5.41, 5.74) is 0.522. The summed E-state index contributed by atoms with van der Waals surface area (Å²) in [5.74, 6) is 0.553. The van der Waals surface area contributed by atoms with Crippen molar-refractivity contribution in [1.82, 2.24) is 15.1 Å². The van der Waals surface area contributed by atoms with Gasteiger partial charge in [0.1, 0.15) is 0 Å². The zero-order valence-electron chi connectivity index (χ0n) is 15.6. The molecule has 0 spiro atoms. The summed E-state index contributed by atoms with van der Waals surface area (Å²) in [7, 11) is 1.79. The van der Waals surface area contributed by atoms with E-state index in [9.17, 15) is 23.3 Å². The van der Waals surface area contributed by atoms with E-state index < -0.39 is 16.7 Å². The first kappa shape index (κ1) is 20.5. The maximum Gasteiger partial charge on any atom is 0.416 e. The van der Waals surface area contributed by atoms with Crippen LogP contribution in [0.1, 0.15) is 30.0 Å². The fraction of sp³-hybridized carbons (Fsp3) is 0.263. The summed E-state index contributed by atoms with van der Waals surface area (Å²) in [6, 6.07) is 10.4. The number of alkyl halides is 3. The molecule has 0 aliphatic heterocycles. The van der Waals surface area contributed by atoms with E-state index in [1.807, 2.05) is 11.8 Å². The summed E-state index contributed by atoms with van der Waals surface area (Å²) in [6.07, 6.45) is -4.37. The number of benzene rings is 2. The van der Waals surface area contributed by atoms with Crippen LogP contribution in [-0.4, -0.2) is 27.1 Å². The highest BCUT2D eigenvalue weighted by atomic mass is 19.4. The molecule has 1 heterocycles. The Hall–Kier alpha value is -3.27. The molecule has 2 aromatic carbocycles. The zero-order chi connectivity index (χ0) is 21.2. The number of nitro groups is 1. The first-order valence-corrected chi connectivity index (χ1v) is 8.60. The maximum absolute atomic E-state index is 12.7. The first-order valence-electron chi connectivity index (χ1n) is 8.60. The predicted molar refractivity (Wildman–Crippen MR) is 97.7 cm³/mol. The molecule has 152 valence electrons. The van der Waals surface area contributed by atoms with Gasteiger partial charge in [-0.15, -0.1) is 10.2 Å². The van der Waals surface area contributed by atoms with Gasteiger partial charge in [0.25, 0.3) is 5.69 Å². The van der Waals surface area contributed by atoms with Crippen molar-refractivity contribution in [1.29, 1.82) is 0 Å². The Kier molecular flexibility index (Phi) is 5.64. The number of nitro benzene ring substituents is 1. The molecule has 0 unspecified atom stereocenters.